The number of anilines is 1. The van der Waals surface area contributed by atoms with Gasteiger partial charge in [-0.3, -0.25) is 4.79 Å². The molecule has 0 bridgehead atoms. The minimum Gasteiger partial charge on any atom is -0.324 e. The van der Waals surface area contributed by atoms with Crippen molar-refractivity contribution >= 4 is 11.6 Å². The second-order valence-corrected chi connectivity index (χ2v) is 6.65. The Morgan fingerprint density at radius 2 is 1.78 bits per heavy atom. The molecule has 3 rings (SSSR count). The normalized spacial score (nSPS) is 11.9. The number of nitrogens with one attached hydrogen (secondary N) is 1. The Kier molecular flexibility index (Phi) is 5.16. The molecule has 6 heteroatoms. The number of carbonyl (C=O) groups is 1. The molecule has 1 heterocycles. The molecule has 6 nitrogen and oxygen atoms in total. The number of aromatic nitrogens is 3. The van der Waals surface area contributed by atoms with Crippen LogP contribution >= 0.6 is 0 Å². The summed E-state index contributed by atoms with van der Waals surface area (Å²) in [5.74, 6) is -0.316. The van der Waals surface area contributed by atoms with Crippen LogP contribution in [0, 0.1) is 20.8 Å². The first kappa shape index (κ1) is 18.5. The highest BCUT2D eigenvalue weighted by Crippen LogP contribution is 2.19. The molecule has 1 N–H and O–H groups in total. The molecule has 0 aliphatic carbocycles. The first-order valence-corrected chi connectivity index (χ1v) is 8.77. The van der Waals surface area contributed by atoms with Crippen LogP contribution in [0.2, 0.25) is 0 Å². The minimum absolute atomic E-state index is 0.316. The first-order valence-electron chi connectivity index (χ1n) is 8.77. The van der Waals surface area contributed by atoms with Crippen molar-refractivity contribution in [3.63, 3.8) is 0 Å². The van der Waals surface area contributed by atoms with Crippen LogP contribution in [0.3, 0.4) is 0 Å². The molecule has 138 valence electrons. The Morgan fingerprint density at radius 3 is 2.44 bits per heavy atom. The summed E-state index contributed by atoms with van der Waals surface area (Å²) in [5, 5.41) is 7.02. The van der Waals surface area contributed by atoms with Crippen molar-refractivity contribution in [3.05, 3.63) is 75.8 Å². The Balaban J connectivity index is 1.83. The van der Waals surface area contributed by atoms with Gasteiger partial charge in [0.05, 0.1) is 11.9 Å². The van der Waals surface area contributed by atoms with E-state index in [1.54, 1.807) is 6.92 Å². The Bertz CT molecular complexity index is 1040. The van der Waals surface area contributed by atoms with Gasteiger partial charge in [0.2, 0.25) is 5.91 Å². The second-order valence-electron chi connectivity index (χ2n) is 6.65. The van der Waals surface area contributed by atoms with E-state index in [4.69, 9.17) is 0 Å². The summed E-state index contributed by atoms with van der Waals surface area (Å²) < 4.78 is 1.10. The van der Waals surface area contributed by atoms with E-state index in [0.717, 1.165) is 32.6 Å². The smallest absolute Gasteiger partial charge is 0.324 e. The summed E-state index contributed by atoms with van der Waals surface area (Å²) in [6, 6.07) is 12.6. The predicted molar refractivity (Wildman–Crippen MR) is 106 cm³/mol. The van der Waals surface area contributed by atoms with Crippen LogP contribution in [0.15, 0.2) is 53.5 Å². The largest absolute Gasteiger partial charge is 0.365 e. The van der Waals surface area contributed by atoms with Gasteiger partial charge in [-0.15, -0.1) is 0 Å². The van der Waals surface area contributed by atoms with Gasteiger partial charge in [0.1, 0.15) is 6.04 Å². The van der Waals surface area contributed by atoms with Gasteiger partial charge in [-0.1, -0.05) is 42.0 Å². The summed E-state index contributed by atoms with van der Waals surface area (Å²) in [6.07, 6.45) is 1.51. The average Bonchev–Trinajstić information content (AvgIpc) is 2.65. The number of nitrogens with zero attached hydrogens (tertiary/aromatic N) is 3. The third-order valence-electron chi connectivity index (χ3n) is 4.67. The van der Waals surface area contributed by atoms with Crippen LogP contribution in [0.4, 0.5) is 5.69 Å². The molecule has 0 saturated carbocycles. The highest BCUT2D eigenvalue weighted by molar-refractivity contribution is 5.94. The lowest BCUT2D eigenvalue weighted by atomic mass is 10.1. The molecule has 1 atom stereocenters. The lowest BCUT2D eigenvalue weighted by molar-refractivity contribution is -0.119. The molecule has 27 heavy (non-hydrogen) atoms. The number of aryl methyl sites for hydroxylation is 2. The monoisotopic (exact) mass is 362 g/mol. The van der Waals surface area contributed by atoms with E-state index >= 15 is 0 Å². The number of amides is 1. The van der Waals surface area contributed by atoms with E-state index in [9.17, 15) is 9.59 Å². The topological polar surface area (TPSA) is 76.9 Å². The number of hydrogen-bond donors (Lipinski definition) is 1. The SMILES string of the molecule is Cc1ccc(-c2cnn([C@@H](C)C(=O)Nc3cccc(C)c3C)c(=O)n2)cc1. The van der Waals surface area contributed by atoms with Crippen molar-refractivity contribution in [2.75, 3.05) is 5.32 Å². The fraction of sp³-hybridized carbons (Fsp3) is 0.238. The first-order chi connectivity index (χ1) is 12.9. The molecule has 0 aliphatic heterocycles. The maximum Gasteiger partial charge on any atom is 0.365 e. The summed E-state index contributed by atoms with van der Waals surface area (Å²) >= 11 is 0. The van der Waals surface area contributed by atoms with E-state index in [-0.39, 0.29) is 5.91 Å². The molecule has 0 fully saturated rings. The molecule has 0 aliphatic rings. The Labute approximate surface area is 157 Å². The molecule has 0 radical (unpaired) electrons. The minimum atomic E-state index is -0.781. The molecule has 1 amide bonds. The highest BCUT2D eigenvalue weighted by Gasteiger charge is 2.19. The predicted octanol–water partition coefficient (Wildman–Crippen LogP) is 3.43. The zero-order valence-electron chi connectivity index (χ0n) is 15.9. The summed E-state index contributed by atoms with van der Waals surface area (Å²) in [4.78, 5) is 29.1. The molecule has 0 saturated heterocycles. The van der Waals surface area contributed by atoms with Crippen molar-refractivity contribution in [2.24, 2.45) is 0 Å². The zero-order valence-corrected chi connectivity index (χ0v) is 15.9. The van der Waals surface area contributed by atoms with Gasteiger partial charge in [0.25, 0.3) is 0 Å². The van der Waals surface area contributed by atoms with Gasteiger partial charge < -0.3 is 5.32 Å². The molecule has 2 aromatic carbocycles. The lowest BCUT2D eigenvalue weighted by Gasteiger charge is -2.15. The molecule has 0 unspecified atom stereocenters. The number of hydrogen-bond acceptors (Lipinski definition) is 4. The molecule has 3 aromatic rings. The highest BCUT2D eigenvalue weighted by atomic mass is 16.2. The van der Waals surface area contributed by atoms with Crippen molar-refractivity contribution in [3.8, 4) is 11.3 Å². The Hall–Kier alpha value is -3.28. The third-order valence-corrected chi connectivity index (χ3v) is 4.67. The lowest BCUT2D eigenvalue weighted by Crippen LogP contribution is -2.35. The van der Waals surface area contributed by atoms with Crippen molar-refractivity contribution in [1.29, 1.82) is 0 Å². The fourth-order valence-corrected chi connectivity index (χ4v) is 2.71. The van der Waals surface area contributed by atoms with Crippen molar-refractivity contribution in [2.45, 2.75) is 33.7 Å². The Morgan fingerprint density at radius 1 is 1.07 bits per heavy atom. The van der Waals surface area contributed by atoms with E-state index in [2.05, 4.69) is 15.4 Å². The summed E-state index contributed by atoms with van der Waals surface area (Å²) in [6.45, 7) is 7.54. The van der Waals surface area contributed by atoms with E-state index in [1.165, 1.54) is 6.20 Å². The molecule has 1 aromatic heterocycles. The van der Waals surface area contributed by atoms with E-state index < -0.39 is 11.7 Å². The van der Waals surface area contributed by atoms with Gasteiger partial charge in [0, 0.05) is 11.3 Å². The maximum atomic E-state index is 12.6. The van der Waals surface area contributed by atoms with Crippen LogP contribution in [0.1, 0.15) is 29.7 Å². The van der Waals surface area contributed by atoms with Gasteiger partial charge in [-0.05, 0) is 44.9 Å². The van der Waals surface area contributed by atoms with Crippen molar-refractivity contribution in [1.82, 2.24) is 14.8 Å². The van der Waals surface area contributed by atoms with Gasteiger partial charge in [-0.2, -0.15) is 10.1 Å². The van der Waals surface area contributed by atoms with Crippen LogP contribution in [-0.2, 0) is 4.79 Å². The van der Waals surface area contributed by atoms with E-state index in [0.29, 0.717) is 5.69 Å². The number of benzene rings is 2. The zero-order chi connectivity index (χ0) is 19.6. The standard InChI is InChI=1S/C21H22N4O2/c1-13-8-10-17(11-9-13)19-12-22-25(21(27)24-19)16(4)20(26)23-18-7-5-6-14(2)15(18)3/h5-12,16H,1-4H3,(H,23,26)/t16-/m0/s1. The molecule has 0 spiro atoms. The maximum absolute atomic E-state index is 12.6. The third kappa shape index (κ3) is 3.95. The van der Waals surface area contributed by atoms with Gasteiger partial charge in [0.15, 0.2) is 0 Å². The van der Waals surface area contributed by atoms with Crippen LogP contribution in [0.25, 0.3) is 11.3 Å². The van der Waals surface area contributed by atoms with Gasteiger partial charge in [-0.25, -0.2) is 9.48 Å². The molecular weight excluding hydrogens is 340 g/mol. The second kappa shape index (κ2) is 7.53. The average molecular weight is 362 g/mol. The van der Waals surface area contributed by atoms with Crippen LogP contribution in [-0.4, -0.2) is 20.7 Å². The fourth-order valence-electron chi connectivity index (χ4n) is 2.71. The quantitative estimate of drug-likeness (QED) is 0.771. The number of carbonyl (C=O) groups excluding carboxylic acids is 1. The molecular formula is C21H22N4O2. The van der Waals surface area contributed by atoms with Crippen LogP contribution in [0.5, 0.6) is 0 Å². The van der Waals surface area contributed by atoms with Gasteiger partial charge >= 0.3 is 5.69 Å². The van der Waals surface area contributed by atoms with E-state index in [1.807, 2.05) is 63.2 Å². The van der Waals surface area contributed by atoms with Crippen molar-refractivity contribution < 1.29 is 4.79 Å². The van der Waals surface area contributed by atoms with Crippen LogP contribution < -0.4 is 11.0 Å². The summed E-state index contributed by atoms with van der Waals surface area (Å²) in [5.41, 5.74) is 4.66. The summed E-state index contributed by atoms with van der Waals surface area (Å²) in [7, 11) is 0. The number of rotatable bonds is 4.